The van der Waals surface area contributed by atoms with Crippen LogP contribution in [0.5, 0.6) is 0 Å². The standard InChI is InChI=1S/C21H23FN2O5S/c1-15-5-6-18(14-19(15)22)30(26,27)23-17-4-2-3-16(13-17)20(25)24-9-7-21(8-10-24)28-11-12-29-21/h2-6,13-14,23H,7-12H2,1H3. The van der Waals surface area contributed by atoms with E-state index >= 15 is 0 Å². The van der Waals surface area contributed by atoms with Crippen molar-refractivity contribution in [2.45, 2.75) is 30.4 Å². The molecule has 9 heteroatoms. The number of hydrogen-bond acceptors (Lipinski definition) is 5. The van der Waals surface area contributed by atoms with Crippen molar-refractivity contribution < 1.29 is 27.1 Å². The zero-order chi connectivity index (χ0) is 21.4. The molecule has 2 fully saturated rings. The van der Waals surface area contributed by atoms with Crippen molar-refractivity contribution in [1.29, 1.82) is 0 Å². The lowest BCUT2D eigenvalue weighted by Gasteiger charge is -2.37. The minimum absolute atomic E-state index is 0.180. The van der Waals surface area contributed by atoms with Crippen molar-refractivity contribution in [3.05, 3.63) is 59.4 Å². The first-order chi connectivity index (χ1) is 14.3. The van der Waals surface area contributed by atoms with Gasteiger partial charge >= 0.3 is 0 Å². The number of benzene rings is 2. The van der Waals surface area contributed by atoms with E-state index in [9.17, 15) is 17.6 Å². The van der Waals surface area contributed by atoms with Crippen molar-refractivity contribution in [2.24, 2.45) is 0 Å². The Morgan fingerprint density at radius 1 is 1.10 bits per heavy atom. The van der Waals surface area contributed by atoms with Gasteiger partial charge in [-0.15, -0.1) is 0 Å². The van der Waals surface area contributed by atoms with Crippen LogP contribution < -0.4 is 4.72 Å². The average molecular weight is 434 g/mol. The molecule has 0 aromatic heterocycles. The molecular weight excluding hydrogens is 411 g/mol. The van der Waals surface area contributed by atoms with Gasteiger partial charge in [-0.05, 0) is 42.8 Å². The quantitative estimate of drug-likeness (QED) is 0.800. The van der Waals surface area contributed by atoms with Gasteiger partial charge in [0.1, 0.15) is 5.82 Å². The Bertz CT molecular complexity index is 1060. The summed E-state index contributed by atoms with van der Waals surface area (Å²) in [5, 5.41) is 0. The molecule has 2 aromatic carbocycles. The summed E-state index contributed by atoms with van der Waals surface area (Å²) >= 11 is 0. The van der Waals surface area contributed by atoms with Crippen LogP contribution in [0.4, 0.5) is 10.1 Å². The first-order valence-corrected chi connectivity index (χ1v) is 11.2. The van der Waals surface area contributed by atoms with Crippen LogP contribution in [0.25, 0.3) is 0 Å². The molecule has 2 aliphatic heterocycles. The van der Waals surface area contributed by atoms with Gasteiger partial charge in [0.15, 0.2) is 5.79 Å². The van der Waals surface area contributed by atoms with Crippen LogP contribution in [-0.4, -0.2) is 51.3 Å². The van der Waals surface area contributed by atoms with E-state index in [1.54, 1.807) is 30.0 Å². The molecule has 1 N–H and O–H groups in total. The molecule has 0 unspecified atom stereocenters. The largest absolute Gasteiger partial charge is 0.347 e. The average Bonchev–Trinajstić information content (AvgIpc) is 3.18. The predicted octanol–water partition coefficient (Wildman–Crippen LogP) is 2.91. The highest BCUT2D eigenvalue weighted by molar-refractivity contribution is 7.92. The highest BCUT2D eigenvalue weighted by Gasteiger charge is 2.40. The van der Waals surface area contributed by atoms with Gasteiger partial charge in [0.05, 0.1) is 18.1 Å². The van der Waals surface area contributed by atoms with E-state index in [0.29, 0.717) is 50.3 Å². The van der Waals surface area contributed by atoms with Gasteiger partial charge in [-0.25, -0.2) is 12.8 Å². The first-order valence-electron chi connectivity index (χ1n) is 9.74. The molecule has 2 aromatic rings. The Balaban J connectivity index is 1.47. The molecule has 4 rings (SSSR count). The number of carbonyl (C=O) groups is 1. The molecule has 0 aliphatic carbocycles. The second-order valence-electron chi connectivity index (χ2n) is 7.50. The summed E-state index contributed by atoms with van der Waals surface area (Å²) in [6.45, 7) is 3.69. The third-order valence-corrected chi connectivity index (χ3v) is 6.82. The number of aryl methyl sites for hydroxylation is 1. The molecule has 0 saturated carbocycles. The zero-order valence-electron chi connectivity index (χ0n) is 16.6. The number of anilines is 1. The maximum atomic E-state index is 13.8. The maximum Gasteiger partial charge on any atom is 0.261 e. The molecule has 0 radical (unpaired) electrons. The van der Waals surface area contributed by atoms with Crippen molar-refractivity contribution in [1.82, 2.24) is 4.90 Å². The van der Waals surface area contributed by atoms with Gasteiger partial charge in [0, 0.05) is 37.2 Å². The van der Waals surface area contributed by atoms with Crippen LogP contribution in [-0.2, 0) is 19.5 Å². The van der Waals surface area contributed by atoms with Crippen molar-refractivity contribution in [3.63, 3.8) is 0 Å². The SMILES string of the molecule is Cc1ccc(S(=O)(=O)Nc2cccc(C(=O)N3CCC4(CC3)OCCO4)c2)cc1F. The number of rotatable bonds is 4. The zero-order valence-corrected chi connectivity index (χ0v) is 17.4. The summed E-state index contributed by atoms with van der Waals surface area (Å²) in [6.07, 6.45) is 1.20. The maximum absolute atomic E-state index is 13.8. The number of piperidine rings is 1. The van der Waals surface area contributed by atoms with Crippen molar-refractivity contribution in [3.8, 4) is 0 Å². The third kappa shape index (κ3) is 4.19. The second-order valence-corrected chi connectivity index (χ2v) is 9.18. The Labute approximate surface area is 174 Å². The van der Waals surface area contributed by atoms with E-state index in [0.717, 1.165) is 6.07 Å². The predicted molar refractivity (Wildman–Crippen MR) is 108 cm³/mol. The van der Waals surface area contributed by atoms with Crippen LogP contribution in [0.2, 0.25) is 0 Å². The van der Waals surface area contributed by atoms with E-state index in [-0.39, 0.29) is 16.5 Å². The number of hydrogen-bond donors (Lipinski definition) is 1. The van der Waals surface area contributed by atoms with Crippen LogP contribution in [0.1, 0.15) is 28.8 Å². The number of nitrogens with one attached hydrogen (secondary N) is 1. The number of sulfonamides is 1. The summed E-state index contributed by atoms with van der Waals surface area (Å²) in [5.41, 5.74) is 0.963. The van der Waals surface area contributed by atoms with Crippen molar-refractivity contribution >= 4 is 21.6 Å². The van der Waals surface area contributed by atoms with E-state index in [1.165, 1.54) is 18.2 Å². The number of carbonyl (C=O) groups excluding carboxylic acids is 1. The Morgan fingerprint density at radius 3 is 2.47 bits per heavy atom. The molecule has 2 heterocycles. The van der Waals surface area contributed by atoms with E-state index in [1.807, 2.05) is 0 Å². The van der Waals surface area contributed by atoms with Gasteiger partial charge in [-0.2, -0.15) is 0 Å². The van der Waals surface area contributed by atoms with Gasteiger partial charge in [0.25, 0.3) is 15.9 Å². The summed E-state index contributed by atoms with van der Waals surface area (Å²) in [4.78, 5) is 14.4. The van der Waals surface area contributed by atoms with E-state index in [2.05, 4.69) is 4.72 Å². The highest BCUT2D eigenvalue weighted by Crippen LogP contribution is 2.32. The van der Waals surface area contributed by atoms with Gasteiger partial charge < -0.3 is 14.4 Å². The molecule has 0 atom stereocenters. The molecule has 1 spiro atoms. The molecule has 7 nitrogen and oxygen atoms in total. The molecule has 30 heavy (non-hydrogen) atoms. The highest BCUT2D eigenvalue weighted by atomic mass is 32.2. The fourth-order valence-electron chi connectivity index (χ4n) is 3.69. The number of likely N-dealkylation sites (tertiary alicyclic amines) is 1. The lowest BCUT2D eigenvalue weighted by molar-refractivity contribution is -0.181. The number of ether oxygens (including phenoxy) is 2. The Kier molecular flexibility index (Phi) is 5.52. The lowest BCUT2D eigenvalue weighted by atomic mass is 10.0. The summed E-state index contributed by atoms with van der Waals surface area (Å²) in [6, 6.07) is 10.00. The topological polar surface area (TPSA) is 84.9 Å². The smallest absolute Gasteiger partial charge is 0.261 e. The monoisotopic (exact) mass is 434 g/mol. The van der Waals surface area contributed by atoms with E-state index in [4.69, 9.17) is 9.47 Å². The number of halogens is 1. The summed E-state index contributed by atoms with van der Waals surface area (Å²) in [7, 11) is -3.98. The van der Waals surface area contributed by atoms with Crippen LogP contribution in [0, 0.1) is 12.7 Å². The fourth-order valence-corrected chi connectivity index (χ4v) is 4.75. The van der Waals surface area contributed by atoms with Crippen molar-refractivity contribution in [2.75, 3.05) is 31.0 Å². The van der Waals surface area contributed by atoms with Gasteiger partial charge in [0.2, 0.25) is 0 Å². The molecule has 2 saturated heterocycles. The fraction of sp³-hybridized carbons (Fsp3) is 0.381. The Morgan fingerprint density at radius 2 is 1.80 bits per heavy atom. The lowest BCUT2D eigenvalue weighted by Crippen LogP contribution is -2.47. The minimum Gasteiger partial charge on any atom is -0.347 e. The normalized spacial score (nSPS) is 18.5. The first kappa shape index (κ1) is 20.8. The summed E-state index contributed by atoms with van der Waals surface area (Å²) in [5.74, 6) is -1.36. The third-order valence-electron chi connectivity index (χ3n) is 5.44. The molecule has 160 valence electrons. The number of nitrogens with zero attached hydrogens (tertiary/aromatic N) is 1. The molecule has 2 aliphatic rings. The van der Waals surface area contributed by atoms with Gasteiger partial charge in [-0.1, -0.05) is 12.1 Å². The van der Waals surface area contributed by atoms with Crippen LogP contribution >= 0.6 is 0 Å². The van der Waals surface area contributed by atoms with Gasteiger partial charge in [-0.3, -0.25) is 9.52 Å². The van der Waals surface area contributed by atoms with Crippen LogP contribution in [0.15, 0.2) is 47.4 Å². The molecule has 1 amide bonds. The Hall–Kier alpha value is -2.49. The second kappa shape index (κ2) is 7.98. The van der Waals surface area contributed by atoms with E-state index < -0.39 is 21.6 Å². The minimum atomic E-state index is -3.98. The molecule has 0 bridgehead atoms. The van der Waals surface area contributed by atoms with Crippen LogP contribution in [0.3, 0.4) is 0 Å². The number of amides is 1. The summed E-state index contributed by atoms with van der Waals surface area (Å²) < 4.78 is 52.7. The molecular formula is C21H23FN2O5S.